The highest BCUT2D eigenvalue weighted by Gasteiger charge is 2.26. The number of halogens is 1. The van der Waals surface area contributed by atoms with Gasteiger partial charge in [0, 0.05) is 16.7 Å². The van der Waals surface area contributed by atoms with Crippen LogP contribution in [0.1, 0.15) is 12.0 Å². The van der Waals surface area contributed by atoms with Crippen LogP contribution in [-0.2, 0) is 20.7 Å². The molecule has 0 aliphatic carbocycles. The van der Waals surface area contributed by atoms with Gasteiger partial charge >= 0.3 is 5.97 Å². The number of aliphatic carboxylic acids is 1. The van der Waals surface area contributed by atoms with Crippen LogP contribution in [-0.4, -0.2) is 47.7 Å². The molecule has 0 spiro atoms. The second kappa shape index (κ2) is 7.03. The van der Waals surface area contributed by atoms with Gasteiger partial charge in [-0.3, -0.25) is 9.59 Å². The van der Waals surface area contributed by atoms with Gasteiger partial charge in [-0.1, -0.05) is 18.2 Å². The molecule has 0 radical (unpaired) electrons. The highest BCUT2D eigenvalue weighted by molar-refractivity contribution is 14.1. The Morgan fingerprint density at radius 2 is 2.15 bits per heavy atom. The van der Waals surface area contributed by atoms with Crippen LogP contribution >= 0.6 is 22.6 Å². The summed E-state index contributed by atoms with van der Waals surface area (Å²) >= 11 is 2.21. The summed E-state index contributed by atoms with van der Waals surface area (Å²) in [6.45, 7) is 1.28. The van der Waals surface area contributed by atoms with Crippen LogP contribution in [0.15, 0.2) is 24.3 Å². The van der Waals surface area contributed by atoms with Crippen molar-refractivity contribution in [3.8, 4) is 0 Å². The number of rotatable bonds is 4. The van der Waals surface area contributed by atoms with Crippen molar-refractivity contribution in [3.05, 3.63) is 33.4 Å². The molecule has 2 rings (SSSR count). The maximum atomic E-state index is 12.3. The van der Waals surface area contributed by atoms with E-state index in [2.05, 4.69) is 22.6 Å². The highest BCUT2D eigenvalue weighted by Crippen LogP contribution is 2.15. The molecule has 1 atom stereocenters. The topological polar surface area (TPSA) is 66.8 Å². The minimum absolute atomic E-state index is 0.0211. The minimum atomic E-state index is -0.901. The average molecular weight is 389 g/mol. The van der Waals surface area contributed by atoms with E-state index in [1.54, 1.807) is 4.90 Å². The second-order valence-electron chi connectivity index (χ2n) is 4.70. The zero-order valence-corrected chi connectivity index (χ0v) is 13.1. The number of hydrogen-bond donors (Lipinski definition) is 1. The monoisotopic (exact) mass is 389 g/mol. The van der Waals surface area contributed by atoms with Gasteiger partial charge in [0.15, 0.2) is 0 Å². The SMILES string of the molecule is O=C(O)CC1CN(C(=O)Cc2ccccc2I)CCO1. The number of carboxylic acids is 1. The van der Waals surface area contributed by atoms with Crippen LogP contribution in [0, 0.1) is 3.57 Å². The van der Waals surface area contributed by atoms with Crippen molar-refractivity contribution in [2.45, 2.75) is 18.9 Å². The molecule has 1 saturated heterocycles. The van der Waals surface area contributed by atoms with Crippen molar-refractivity contribution in [3.63, 3.8) is 0 Å². The molecular weight excluding hydrogens is 373 g/mol. The van der Waals surface area contributed by atoms with Gasteiger partial charge in [-0.15, -0.1) is 0 Å². The first-order chi connectivity index (χ1) is 9.56. The van der Waals surface area contributed by atoms with Crippen molar-refractivity contribution in [1.82, 2.24) is 4.90 Å². The van der Waals surface area contributed by atoms with Gasteiger partial charge in [-0.2, -0.15) is 0 Å². The van der Waals surface area contributed by atoms with Crippen LogP contribution in [0.3, 0.4) is 0 Å². The lowest BCUT2D eigenvalue weighted by Crippen LogP contribution is -2.46. The Bertz CT molecular complexity index is 506. The van der Waals surface area contributed by atoms with Gasteiger partial charge < -0.3 is 14.7 Å². The molecule has 1 aliphatic heterocycles. The molecule has 1 aliphatic rings. The summed E-state index contributed by atoms with van der Waals surface area (Å²) in [4.78, 5) is 24.7. The van der Waals surface area contributed by atoms with Gasteiger partial charge in [-0.25, -0.2) is 0 Å². The van der Waals surface area contributed by atoms with Gasteiger partial charge in [0.05, 0.1) is 25.6 Å². The van der Waals surface area contributed by atoms with E-state index < -0.39 is 12.1 Å². The van der Waals surface area contributed by atoms with Crippen molar-refractivity contribution in [2.24, 2.45) is 0 Å². The molecule has 1 aromatic carbocycles. The van der Waals surface area contributed by atoms with Crippen LogP contribution in [0.4, 0.5) is 0 Å². The van der Waals surface area contributed by atoms with Gasteiger partial charge in [0.2, 0.25) is 5.91 Å². The van der Waals surface area contributed by atoms with Crippen LogP contribution < -0.4 is 0 Å². The molecule has 0 aromatic heterocycles. The number of ether oxygens (including phenoxy) is 1. The first-order valence-electron chi connectivity index (χ1n) is 6.41. The number of carbonyl (C=O) groups is 2. The molecular formula is C14H16INO4. The van der Waals surface area contributed by atoms with Crippen molar-refractivity contribution in [1.29, 1.82) is 0 Å². The number of benzene rings is 1. The highest BCUT2D eigenvalue weighted by atomic mass is 127. The Morgan fingerprint density at radius 3 is 2.85 bits per heavy atom. The molecule has 0 bridgehead atoms. The molecule has 1 fully saturated rings. The molecule has 1 aromatic rings. The number of hydrogen-bond acceptors (Lipinski definition) is 3. The standard InChI is InChI=1S/C14H16INO4/c15-12-4-2-1-3-10(12)7-13(17)16-5-6-20-11(9-16)8-14(18)19/h1-4,11H,5-9H2,(H,18,19). The second-order valence-corrected chi connectivity index (χ2v) is 5.86. The van der Waals surface area contributed by atoms with E-state index in [1.807, 2.05) is 24.3 Å². The lowest BCUT2D eigenvalue weighted by Gasteiger charge is -2.32. The predicted octanol–water partition coefficient (Wildman–Crippen LogP) is 1.54. The fourth-order valence-electron chi connectivity index (χ4n) is 2.18. The lowest BCUT2D eigenvalue weighted by molar-refractivity contribution is -0.147. The lowest BCUT2D eigenvalue weighted by atomic mass is 10.1. The zero-order valence-electron chi connectivity index (χ0n) is 10.9. The fourth-order valence-corrected chi connectivity index (χ4v) is 2.76. The van der Waals surface area contributed by atoms with Gasteiger partial charge in [0.1, 0.15) is 0 Å². The summed E-state index contributed by atoms with van der Waals surface area (Å²) in [5.41, 5.74) is 0.999. The molecule has 20 heavy (non-hydrogen) atoms. The fraction of sp³-hybridized carbons (Fsp3) is 0.429. The minimum Gasteiger partial charge on any atom is -0.481 e. The van der Waals surface area contributed by atoms with Crippen LogP contribution in [0.5, 0.6) is 0 Å². The normalized spacial score (nSPS) is 18.9. The molecule has 6 heteroatoms. The third-order valence-electron chi connectivity index (χ3n) is 3.19. The number of amides is 1. The maximum Gasteiger partial charge on any atom is 0.306 e. The summed E-state index contributed by atoms with van der Waals surface area (Å²) in [7, 11) is 0. The van der Waals surface area contributed by atoms with Crippen molar-refractivity contribution in [2.75, 3.05) is 19.7 Å². The quantitative estimate of drug-likeness (QED) is 0.794. The number of carboxylic acid groups (broad SMARTS) is 1. The third-order valence-corrected chi connectivity index (χ3v) is 4.25. The maximum absolute atomic E-state index is 12.3. The predicted molar refractivity (Wildman–Crippen MR) is 81.4 cm³/mol. The van der Waals surface area contributed by atoms with E-state index in [-0.39, 0.29) is 12.3 Å². The summed E-state index contributed by atoms with van der Waals surface area (Å²) in [5.74, 6) is -0.880. The van der Waals surface area contributed by atoms with E-state index in [4.69, 9.17) is 9.84 Å². The van der Waals surface area contributed by atoms with Crippen molar-refractivity contribution < 1.29 is 19.4 Å². The Labute approximate surface area is 131 Å². The smallest absolute Gasteiger partial charge is 0.306 e. The molecule has 5 nitrogen and oxygen atoms in total. The number of morpholine rings is 1. The number of carbonyl (C=O) groups excluding carboxylic acids is 1. The molecule has 1 N–H and O–H groups in total. The molecule has 108 valence electrons. The Kier molecular flexibility index (Phi) is 5.36. The molecule has 1 heterocycles. The summed E-state index contributed by atoms with van der Waals surface area (Å²) in [6.07, 6.45) is -0.119. The van der Waals surface area contributed by atoms with Crippen LogP contribution in [0.25, 0.3) is 0 Å². The number of nitrogens with zero attached hydrogens (tertiary/aromatic N) is 1. The molecule has 1 amide bonds. The Morgan fingerprint density at radius 1 is 1.40 bits per heavy atom. The van der Waals surface area contributed by atoms with Crippen LogP contribution in [0.2, 0.25) is 0 Å². The summed E-state index contributed by atoms with van der Waals surface area (Å²) in [6, 6.07) is 7.76. The summed E-state index contributed by atoms with van der Waals surface area (Å²) in [5, 5.41) is 8.78. The van der Waals surface area contributed by atoms with E-state index >= 15 is 0 Å². The molecule has 0 saturated carbocycles. The van der Waals surface area contributed by atoms with Gasteiger partial charge in [0.25, 0.3) is 0 Å². The van der Waals surface area contributed by atoms with E-state index in [0.717, 1.165) is 9.13 Å². The van der Waals surface area contributed by atoms with Gasteiger partial charge in [-0.05, 0) is 34.2 Å². The van der Waals surface area contributed by atoms with E-state index in [0.29, 0.717) is 26.1 Å². The molecule has 1 unspecified atom stereocenters. The Balaban J connectivity index is 1.95. The van der Waals surface area contributed by atoms with E-state index in [9.17, 15) is 9.59 Å². The first-order valence-corrected chi connectivity index (χ1v) is 7.48. The summed E-state index contributed by atoms with van der Waals surface area (Å²) < 4.78 is 6.43. The zero-order chi connectivity index (χ0) is 14.5. The average Bonchev–Trinajstić information content (AvgIpc) is 2.41. The van der Waals surface area contributed by atoms with Crippen molar-refractivity contribution >= 4 is 34.5 Å². The third kappa shape index (κ3) is 4.17. The largest absolute Gasteiger partial charge is 0.481 e. The Hall–Kier alpha value is -1.15. The first kappa shape index (κ1) is 15.2. The van der Waals surface area contributed by atoms with E-state index in [1.165, 1.54) is 0 Å².